The number of ether oxygens (including phenoxy) is 2. The van der Waals surface area contributed by atoms with Gasteiger partial charge in [-0.1, -0.05) is 6.61 Å². The number of hydrogen-bond acceptors (Lipinski definition) is 8. The van der Waals surface area contributed by atoms with Crippen LogP contribution in [0.2, 0.25) is 0 Å². The summed E-state index contributed by atoms with van der Waals surface area (Å²) in [5, 5.41) is -4.91. The third-order valence-electron chi connectivity index (χ3n) is 10.2. The second kappa shape index (κ2) is 8.34. The van der Waals surface area contributed by atoms with Gasteiger partial charge < -0.3 is 18.9 Å². The molecule has 7 rings (SSSR count). The minimum Gasteiger partial charge on any atom is -0.746 e. The van der Waals surface area contributed by atoms with E-state index in [0.29, 0.717) is 24.2 Å². The second-order valence-corrected chi connectivity index (χ2v) is 15.1. The zero-order chi connectivity index (χ0) is 27.6. The van der Waals surface area contributed by atoms with E-state index in [1.165, 1.54) is 0 Å². The Morgan fingerprint density at radius 1 is 1.03 bits per heavy atom. The summed E-state index contributed by atoms with van der Waals surface area (Å²) in [5.74, 6) is -3.33. The van der Waals surface area contributed by atoms with Gasteiger partial charge in [-0.2, -0.15) is 0 Å². The molecule has 6 aliphatic carbocycles. The molecule has 1 aliphatic heterocycles. The molecular formula is C26H33F2NO8RfS-2. The Bertz CT molecular complexity index is 1150. The number of amides is 1. The Kier molecular flexibility index (Phi) is 5.93. The average molecular weight is 825 g/mol. The molecule has 7 fully saturated rings. The molecule has 9 nitrogen and oxygen atoms in total. The van der Waals surface area contributed by atoms with Crippen molar-refractivity contribution >= 4 is 28.0 Å². The number of hydrogen-bond donors (Lipinski definition) is 0. The molecule has 1 heterocycles. The molecule has 6 saturated carbocycles. The molecule has 1 amide bonds. The standard InChI is InChI=1S/C26H34F2NO8S.Rf/c1-24(2,3)29-19-15-7-16(18(17(15)21(29)30)22(31)36-11-26(27,28)38(33,34)35)20(19)37-23(32)25-8-12-4-13(9-25)6-14(5-12)10-25;/h11-20H,4-10H2,1-3H3,(H,33,34,35);/q-1;/p-1. The van der Waals surface area contributed by atoms with Crippen LogP contribution in [0.1, 0.15) is 65.7 Å². The maximum Gasteiger partial charge on any atom is 0.312 e. The number of rotatable bonds is 6. The van der Waals surface area contributed by atoms with Gasteiger partial charge >= 0.3 is 5.97 Å². The average Bonchev–Trinajstić information content (AvgIpc) is 3.38. The molecule has 6 bridgehead atoms. The molecule has 0 aromatic carbocycles. The van der Waals surface area contributed by atoms with Crippen molar-refractivity contribution in [1.82, 2.24) is 4.90 Å². The van der Waals surface area contributed by atoms with Crippen molar-refractivity contribution in [2.24, 2.45) is 46.8 Å². The number of fused-ring (bicyclic) bond motifs is 1. The quantitative estimate of drug-likeness (QED) is 0.228. The predicted molar refractivity (Wildman–Crippen MR) is 124 cm³/mol. The van der Waals surface area contributed by atoms with Gasteiger partial charge in [-0.15, -0.1) is 0 Å². The maximum atomic E-state index is 13.8. The molecule has 0 N–H and O–H groups in total. The van der Waals surface area contributed by atoms with Crippen LogP contribution in [0.15, 0.2) is 0 Å². The molecular weight excluding hydrogens is 791 g/mol. The van der Waals surface area contributed by atoms with Crippen molar-refractivity contribution in [3.05, 3.63) is 6.61 Å². The van der Waals surface area contributed by atoms with Gasteiger partial charge in [-0.3, -0.25) is 14.4 Å². The van der Waals surface area contributed by atoms with E-state index in [0.717, 1.165) is 38.5 Å². The number of halogens is 2. The van der Waals surface area contributed by atoms with Crippen molar-refractivity contribution in [3.63, 3.8) is 0 Å². The van der Waals surface area contributed by atoms with Crippen molar-refractivity contribution in [1.29, 1.82) is 0 Å². The Hall–Kier alpha value is -2.82. The maximum absolute atomic E-state index is 13.8. The monoisotopic (exact) mass is 824 g/mol. The fourth-order valence-corrected chi connectivity index (χ4v) is 9.61. The van der Waals surface area contributed by atoms with Gasteiger partial charge in [0.25, 0.3) is 11.2 Å². The zero-order valence-electron chi connectivity index (χ0n) is 22.3. The Morgan fingerprint density at radius 2 is 1.56 bits per heavy atom. The summed E-state index contributed by atoms with van der Waals surface area (Å²) < 4.78 is 70.7. The summed E-state index contributed by atoms with van der Waals surface area (Å²) >= 11 is 0. The van der Waals surface area contributed by atoms with Gasteiger partial charge in [0.2, 0.25) is 5.91 Å². The normalized spacial score (nSPS) is 42.1. The van der Waals surface area contributed by atoms with Gasteiger partial charge in [0.15, 0.2) is 0 Å². The van der Waals surface area contributed by atoms with Crippen molar-refractivity contribution < 1.29 is 45.6 Å². The molecule has 1 saturated heterocycles. The number of likely N-dealkylation sites (tertiary alicyclic amines) is 1. The summed E-state index contributed by atoms with van der Waals surface area (Å²) in [7, 11) is -6.09. The van der Waals surface area contributed by atoms with Gasteiger partial charge in [0.05, 0.1) is 23.3 Å². The van der Waals surface area contributed by atoms with Crippen LogP contribution in [0, 0.1) is 53.4 Å². The van der Waals surface area contributed by atoms with Crippen LogP contribution in [-0.4, -0.2) is 58.7 Å². The zero-order valence-corrected chi connectivity index (χ0v) is 29.5. The Morgan fingerprint density at radius 3 is 2.05 bits per heavy atom. The van der Waals surface area contributed by atoms with E-state index in [9.17, 15) is 36.1 Å². The number of esters is 2. The summed E-state index contributed by atoms with van der Waals surface area (Å²) in [4.78, 5) is 42.1. The van der Waals surface area contributed by atoms with E-state index in [1.54, 1.807) is 4.90 Å². The van der Waals surface area contributed by atoms with Gasteiger partial charge in [0, 0.05) is 11.5 Å². The largest absolute Gasteiger partial charge is 0.746 e. The third-order valence-corrected chi connectivity index (χ3v) is 11.0. The Labute approximate surface area is 220 Å². The molecule has 7 aliphatic rings. The first-order chi connectivity index (χ1) is 17.5. The van der Waals surface area contributed by atoms with Crippen LogP contribution in [0.4, 0.5) is 8.78 Å². The van der Waals surface area contributed by atoms with Crippen LogP contribution in [0.25, 0.3) is 0 Å². The van der Waals surface area contributed by atoms with E-state index in [4.69, 9.17) is 4.74 Å². The van der Waals surface area contributed by atoms with Crippen LogP contribution in [0.3, 0.4) is 0 Å². The van der Waals surface area contributed by atoms with Crippen LogP contribution >= 0.6 is 0 Å². The topological polar surface area (TPSA) is 130 Å². The van der Waals surface area contributed by atoms with Crippen molar-refractivity contribution in [3.8, 4) is 0 Å². The molecule has 0 radical (unpaired) electrons. The second-order valence-electron chi connectivity index (χ2n) is 13.6. The van der Waals surface area contributed by atoms with E-state index >= 15 is 0 Å². The smallest absolute Gasteiger partial charge is 0.312 e. The summed E-state index contributed by atoms with van der Waals surface area (Å²) in [6, 6.07) is -0.438. The SMILES string of the molecule is CC(C)(C)N1C(=O)C2C3CC(C(OC(=O)C45CC6CC(CC(C6)C4)C5)C31)C2C(=O)O[CH-]C(F)(F)S(=O)(=O)[O-].[Rf]. The van der Waals surface area contributed by atoms with Crippen molar-refractivity contribution in [2.75, 3.05) is 0 Å². The van der Waals surface area contributed by atoms with E-state index in [1.807, 2.05) is 20.8 Å². The fourth-order valence-electron chi connectivity index (χ4n) is 9.44. The minimum atomic E-state index is -6.09. The minimum absolute atomic E-state index is 0. The summed E-state index contributed by atoms with van der Waals surface area (Å²) in [6.45, 7) is 4.98. The van der Waals surface area contributed by atoms with E-state index < -0.39 is 68.8 Å². The number of carbonyl (C=O) groups is 3. The fraction of sp³-hybridized carbons (Fsp3) is 0.846. The molecule has 0 spiro atoms. The third kappa shape index (κ3) is 3.94. The first-order valence-electron chi connectivity index (χ1n) is 13.4. The molecule has 39 heavy (non-hydrogen) atoms. The number of carbonyl (C=O) groups excluding carboxylic acids is 3. The number of alkyl halides is 2. The van der Waals surface area contributed by atoms with E-state index in [-0.39, 0.29) is 17.8 Å². The van der Waals surface area contributed by atoms with Gasteiger partial charge in [-0.25, -0.2) is 17.2 Å². The molecule has 0 aromatic heterocycles. The summed E-state index contributed by atoms with van der Waals surface area (Å²) in [6.07, 6.45) is 5.36. The first-order valence-corrected chi connectivity index (χ1v) is 14.9. The molecule has 6 atom stereocenters. The van der Waals surface area contributed by atoms with E-state index in [2.05, 4.69) is 4.74 Å². The predicted octanol–water partition coefficient (Wildman–Crippen LogP) is 2.85. The van der Waals surface area contributed by atoms with Gasteiger partial charge in [-0.05, 0) is 89.4 Å². The molecule has 13 heteroatoms. The van der Waals surface area contributed by atoms with Gasteiger partial charge in [0.1, 0.15) is 16.2 Å². The molecule has 6 unspecified atom stereocenters. The number of nitrogens with zero attached hydrogens (tertiary/aromatic N) is 1. The molecule has 0 aromatic rings. The van der Waals surface area contributed by atoms with Crippen molar-refractivity contribution in [2.45, 2.75) is 88.7 Å². The van der Waals surface area contributed by atoms with Crippen LogP contribution < -0.4 is 0 Å². The van der Waals surface area contributed by atoms with Crippen LogP contribution in [-0.2, 0) is 34.0 Å². The molecule has 214 valence electrons. The summed E-state index contributed by atoms with van der Waals surface area (Å²) in [5.41, 5.74) is -1.21. The Balaban J connectivity index is 0.00000308. The van der Waals surface area contributed by atoms with Crippen LogP contribution in [0.5, 0.6) is 0 Å². The first kappa shape index (κ1) is 27.7.